The normalized spacial score (nSPS) is 21.5. The third kappa shape index (κ3) is 5.04. The molecule has 0 amide bonds. The molecule has 4 aromatic rings. The van der Waals surface area contributed by atoms with Crippen molar-refractivity contribution >= 4 is 34.4 Å². The largest absolute Gasteiger partial charge is 0.492 e. The van der Waals surface area contributed by atoms with Crippen LogP contribution in [0.2, 0.25) is 10.0 Å². The van der Waals surface area contributed by atoms with Crippen LogP contribution in [0.5, 0.6) is 11.6 Å². The molecule has 1 aliphatic carbocycles. The van der Waals surface area contributed by atoms with Crippen LogP contribution in [-0.4, -0.2) is 73.3 Å². The Morgan fingerprint density at radius 2 is 2.03 bits per heavy atom. The number of nitrogens with one attached hydrogen (secondary N) is 1. The number of fused-ring (bicyclic) bond motifs is 3. The lowest BCUT2D eigenvalue weighted by molar-refractivity contribution is 0.180. The summed E-state index contributed by atoms with van der Waals surface area (Å²) in [6.45, 7) is 6.18. The smallest absolute Gasteiger partial charge is 0.245 e. The van der Waals surface area contributed by atoms with Crippen molar-refractivity contribution in [2.45, 2.75) is 50.4 Å². The van der Waals surface area contributed by atoms with Gasteiger partial charge in [0.2, 0.25) is 5.88 Å². The summed E-state index contributed by atoms with van der Waals surface area (Å²) < 4.78 is 14.3. The number of halogens is 2. The highest BCUT2D eigenvalue weighted by Crippen LogP contribution is 2.41. The summed E-state index contributed by atoms with van der Waals surface area (Å²) in [5.41, 5.74) is 2.57. The first-order chi connectivity index (χ1) is 18.9. The van der Waals surface area contributed by atoms with Gasteiger partial charge >= 0.3 is 0 Å². The molecule has 0 spiro atoms. The predicted octanol–water partition coefficient (Wildman–Crippen LogP) is 4.60. The molecule has 3 aliphatic rings. The maximum atomic E-state index is 6.85. The van der Waals surface area contributed by atoms with E-state index in [-0.39, 0.29) is 5.60 Å². The molecule has 2 atom stereocenters. The maximum Gasteiger partial charge on any atom is 0.245 e. The van der Waals surface area contributed by atoms with E-state index in [9.17, 15) is 0 Å². The average Bonchev–Trinajstić information content (AvgIpc) is 3.24. The standard InChI is InChI=1S/C28H29Cl2N7O2/c1-28(5-6-28)39-27-24-26(33-16-34-27)37(15-18-10-17(29)4-7-31-18)25(35-24)22-3-2-21(12-23(22)30)38-9-8-36-14-19-11-20(36)13-32-19/h2-4,7,10,12,16,19-20,32H,5-6,8-9,11,13-15H2,1H3/t19-,20-/m1/s1. The molecule has 2 aliphatic heterocycles. The highest BCUT2D eigenvalue weighted by molar-refractivity contribution is 6.33. The number of rotatable bonds is 9. The molecule has 1 N–H and O–H groups in total. The van der Waals surface area contributed by atoms with E-state index in [1.165, 1.54) is 12.7 Å². The van der Waals surface area contributed by atoms with Gasteiger partial charge in [-0.25, -0.2) is 9.97 Å². The van der Waals surface area contributed by atoms with Crippen molar-refractivity contribution in [2.75, 3.05) is 26.2 Å². The average molecular weight is 566 g/mol. The number of nitrogens with zero attached hydrogens (tertiary/aromatic N) is 6. The number of ether oxygens (including phenoxy) is 2. The quantitative estimate of drug-likeness (QED) is 0.315. The van der Waals surface area contributed by atoms with Gasteiger partial charge in [-0.05, 0) is 56.5 Å². The van der Waals surface area contributed by atoms with Gasteiger partial charge in [0.25, 0.3) is 0 Å². The van der Waals surface area contributed by atoms with Crippen molar-refractivity contribution in [1.82, 2.24) is 34.7 Å². The van der Waals surface area contributed by atoms with Gasteiger partial charge in [-0.2, -0.15) is 4.98 Å². The molecular formula is C28H29Cl2N7O2. The first-order valence-electron chi connectivity index (χ1n) is 13.3. The Kier molecular flexibility index (Phi) is 6.34. The first kappa shape index (κ1) is 25.0. The third-order valence-corrected chi connectivity index (χ3v) is 8.44. The number of hydrogen-bond acceptors (Lipinski definition) is 8. The fraction of sp³-hybridized carbons (Fsp3) is 0.429. The van der Waals surface area contributed by atoms with E-state index >= 15 is 0 Å². The lowest BCUT2D eigenvalue weighted by Gasteiger charge is -2.27. The molecule has 9 nitrogen and oxygen atoms in total. The Hall–Kier alpha value is -2.98. The molecule has 1 saturated carbocycles. The van der Waals surface area contributed by atoms with Crippen LogP contribution in [0.3, 0.4) is 0 Å². The van der Waals surface area contributed by atoms with Crippen LogP contribution in [0.15, 0.2) is 42.9 Å². The van der Waals surface area contributed by atoms with Gasteiger partial charge in [-0.3, -0.25) is 9.88 Å². The van der Waals surface area contributed by atoms with Crippen LogP contribution in [0.4, 0.5) is 0 Å². The Bertz CT molecular complexity index is 1540. The molecule has 2 saturated heterocycles. The molecule has 5 heterocycles. The van der Waals surface area contributed by atoms with Crippen LogP contribution >= 0.6 is 23.2 Å². The Balaban J connectivity index is 1.19. The highest BCUT2D eigenvalue weighted by atomic mass is 35.5. The van der Waals surface area contributed by atoms with Crippen molar-refractivity contribution in [3.8, 4) is 23.0 Å². The number of piperazine rings is 1. The number of likely N-dealkylation sites (tertiary alicyclic amines) is 1. The summed E-state index contributed by atoms with van der Waals surface area (Å²) in [6.07, 6.45) is 6.42. The summed E-state index contributed by atoms with van der Waals surface area (Å²) >= 11 is 13.1. The minimum Gasteiger partial charge on any atom is -0.492 e. The van der Waals surface area contributed by atoms with E-state index < -0.39 is 0 Å². The molecule has 0 unspecified atom stereocenters. The summed E-state index contributed by atoms with van der Waals surface area (Å²) in [4.78, 5) is 20.9. The zero-order valence-electron chi connectivity index (χ0n) is 21.6. The molecule has 39 heavy (non-hydrogen) atoms. The molecule has 1 aromatic carbocycles. The van der Waals surface area contributed by atoms with Crippen LogP contribution < -0.4 is 14.8 Å². The van der Waals surface area contributed by atoms with Crippen LogP contribution in [0.25, 0.3) is 22.6 Å². The fourth-order valence-electron chi connectivity index (χ4n) is 5.52. The monoisotopic (exact) mass is 565 g/mol. The topological polar surface area (TPSA) is 90.2 Å². The van der Waals surface area contributed by atoms with E-state index in [1.807, 2.05) is 28.8 Å². The van der Waals surface area contributed by atoms with E-state index in [4.69, 9.17) is 37.7 Å². The molecule has 11 heteroatoms. The predicted molar refractivity (Wildman–Crippen MR) is 150 cm³/mol. The zero-order valence-corrected chi connectivity index (χ0v) is 23.1. The molecular weight excluding hydrogens is 537 g/mol. The molecule has 2 bridgehead atoms. The minimum absolute atomic E-state index is 0.207. The van der Waals surface area contributed by atoms with Gasteiger partial charge < -0.3 is 19.4 Å². The summed E-state index contributed by atoms with van der Waals surface area (Å²) in [7, 11) is 0. The van der Waals surface area contributed by atoms with Crippen LogP contribution in [0, 0.1) is 0 Å². The van der Waals surface area contributed by atoms with Crippen LogP contribution in [-0.2, 0) is 6.54 Å². The van der Waals surface area contributed by atoms with Crippen molar-refractivity contribution < 1.29 is 9.47 Å². The number of benzene rings is 1. The minimum atomic E-state index is -0.207. The number of pyridine rings is 1. The van der Waals surface area contributed by atoms with E-state index in [0.29, 0.717) is 58.1 Å². The van der Waals surface area contributed by atoms with Crippen molar-refractivity contribution in [2.24, 2.45) is 0 Å². The second-order valence-corrected chi connectivity index (χ2v) is 11.7. The van der Waals surface area contributed by atoms with Crippen molar-refractivity contribution in [3.05, 3.63) is 58.6 Å². The number of aromatic nitrogens is 5. The van der Waals surface area contributed by atoms with E-state index in [1.54, 1.807) is 12.3 Å². The Morgan fingerprint density at radius 3 is 2.77 bits per heavy atom. The third-order valence-electron chi connectivity index (χ3n) is 7.89. The van der Waals surface area contributed by atoms with E-state index in [2.05, 4.69) is 32.1 Å². The Morgan fingerprint density at radius 1 is 1.13 bits per heavy atom. The van der Waals surface area contributed by atoms with Crippen LogP contribution in [0.1, 0.15) is 31.9 Å². The molecule has 0 radical (unpaired) electrons. The van der Waals surface area contributed by atoms with Gasteiger partial charge in [0, 0.05) is 48.5 Å². The first-order valence-corrected chi connectivity index (χ1v) is 14.1. The van der Waals surface area contributed by atoms with Gasteiger partial charge in [0.1, 0.15) is 30.1 Å². The second kappa shape index (κ2) is 9.89. The molecule has 7 rings (SSSR count). The van der Waals surface area contributed by atoms with Gasteiger partial charge in [0.05, 0.1) is 17.3 Å². The SMILES string of the molecule is CC1(Oc2ncnc3c2nc(-c2ccc(OCCN4C[C@H]5C[C@@H]4CN5)cc2Cl)n3Cc2cc(Cl)ccn2)CC1. The fourth-order valence-corrected chi connectivity index (χ4v) is 5.96. The highest BCUT2D eigenvalue weighted by Gasteiger charge is 2.41. The van der Waals surface area contributed by atoms with Gasteiger partial charge in [-0.15, -0.1) is 0 Å². The molecule has 3 aromatic heterocycles. The zero-order chi connectivity index (χ0) is 26.6. The Labute approximate surface area is 236 Å². The van der Waals surface area contributed by atoms with Gasteiger partial charge in [-0.1, -0.05) is 23.2 Å². The lowest BCUT2D eigenvalue weighted by Crippen LogP contribution is -2.45. The molecule has 202 valence electrons. The number of hydrogen-bond donors (Lipinski definition) is 1. The summed E-state index contributed by atoms with van der Waals surface area (Å²) in [5.74, 6) is 1.85. The number of imidazole rings is 1. The van der Waals surface area contributed by atoms with E-state index in [0.717, 1.165) is 49.5 Å². The van der Waals surface area contributed by atoms with Gasteiger partial charge in [0.15, 0.2) is 11.2 Å². The van der Waals surface area contributed by atoms with Crippen molar-refractivity contribution in [1.29, 1.82) is 0 Å². The summed E-state index contributed by atoms with van der Waals surface area (Å²) in [5, 5.41) is 4.69. The maximum absolute atomic E-state index is 6.85. The lowest BCUT2D eigenvalue weighted by atomic mass is 10.2. The van der Waals surface area contributed by atoms with Crippen molar-refractivity contribution in [3.63, 3.8) is 0 Å². The second-order valence-electron chi connectivity index (χ2n) is 10.9. The summed E-state index contributed by atoms with van der Waals surface area (Å²) in [6, 6.07) is 10.6. The molecule has 3 fully saturated rings.